The van der Waals surface area contributed by atoms with Crippen LogP contribution < -0.4 is 0 Å². The van der Waals surface area contributed by atoms with Crippen LogP contribution in [-0.4, -0.2) is 41.4 Å². The maximum atomic E-state index is 11.3. The first-order valence-electron chi connectivity index (χ1n) is 4.56. The number of cyclic esters (lactones) is 1. The molecule has 1 aliphatic rings. The molecule has 0 aromatic rings. The fourth-order valence-corrected chi connectivity index (χ4v) is 1.48. The first-order valence-corrected chi connectivity index (χ1v) is 4.56. The molecule has 0 aromatic heterocycles. The first-order chi connectivity index (χ1) is 6.74. The summed E-state index contributed by atoms with van der Waals surface area (Å²) in [7, 11) is 0. The summed E-state index contributed by atoms with van der Waals surface area (Å²) in [6, 6.07) is -0.229. The Kier molecular flexibility index (Phi) is 3.71. The van der Waals surface area contributed by atoms with E-state index in [1.165, 1.54) is 0 Å². The number of carbonyl (C=O) groups is 1. The van der Waals surface area contributed by atoms with Gasteiger partial charge in [0, 0.05) is 6.54 Å². The summed E-state index contributed by atoms with van der Waals surface area (Å²) in [6.45, 7) is 7.58. The Morgan fingerprint density at radius 3 is 2.79 bits per heavy atom. The average Bonchev–Trinajstić information content (AvgIpc) is 2.51. The van der Waals surface area contributed by atoms with Gasteiger partial charge in [-0.15, -0.1) is 13.2 Å². The van der Waals surface area contributed by atoms with Crippen molar-refractivity contribution in [3.8, 4) is 0 Å². The van der Waals surface area contributed by atoms with Crippen molar-refractivity contribution >= 4 is 6.09 Å². The maximum Gasteiger partial charge on any atom is 0.410 e. The van der Waals surface area contributed by atoms with E-state index in [0.29, 0.717) is 13.0 Å². The van der Waals surface area contributed by atoms with Gasteiger partial charge in [0.05, 0.1) is 12.6 Å². The minimum absolute atomic E-state index is 0.174. The number of hydrogen-bond donors (Lipinski definition) is 1. The Balaban J connectivity index is 2.66. The number of rotatable bonds is 5. The lowest BCUT2D eigenvalue weighted by Gasteiger charge is -2.19. The van der Waals surface area contributed by atoms with E-state index in [-0.39, 0.29) is 12.6 Å². The van der Waals surface area contributed by atoms with Crippen molar-refractivity contribution in [3.63, 3.8) is 0 Å². The van der Waals surface area contributed by atoms with Gasteiger partial charge in [-0.1, -0.05) is 12.2 Å². The van der Waals surface area contributed by atoms with E-state index >= 15 is 0 Å². The minimum atomic E-state index is -0.482. The molecule has 1 rings (SSSR count). The van der Waals surface area contributed by atoms with Crippen LogP contribution in [0, 0.1) is 0 Å². The van der Waals surface area contributed by atoms with Crippen molar-refractivity contribution < 1.29 is 14.6 Å². The molecule has 14 heavy (non-hydrogen) atoms. The summed E-state index contributed by atoms with van der Waals surface area (Å²) < 4.78 is 4.96. The summed E-state index contributed by atoms with van der Waals surface area (Å²) >= 11 is 0. The Morgan fingerprint density at radius 2 is 2.29 bits per heavy atom. The van der Waals surface area contributed by atoms with Crippen LogP contribution >= 0.6 is 0 Å². The van der Waals surface area contributed by atoms with E-state index in [4.69, 9.17) is 9.84 Å². The highest BCUT2D eigenvalue weighted by atomic mass is 16.6. The molecule has 0 radical (unpaired) electrons. The molecule has 78 valence electrons. The second-order valence-electron chi connectivity index (χ2n) is 3.10. The van der Waals surface area contributed by atoms with Gasteiger partial charge in [-0.2, -0.15) is 0 Å². The Labute approximate surface area is 83.5 Å². The largest absolute Gasteiger partial charge is 0.441 e. The molecule has 4 nitrogen and oxygen atoms in total. The molecule has 0 saturated carbocycles. The zero-order chi connectivity index (χ0) is 10.6. The third kappa shape index (κ3) is 1.96. The molecular weight excluding hydrogens is 182 g/mol. The molecule has 1 saturated heterocycles. The van der Waals surface area contributed by atoms with E-state index in [9.17, 15) is 4.79 Å². The van der Waals surface area contributed by atoms with Crippen molar-refractivity contribution in [1.82, 2.24) is 4.90 Å². The highest BCUT2D eigenvalue weighted by molar-refractivity contribution is 5.71. The van der Waals surface area contributed by atoms with Gasteiger partial charge in [0.1, 0.15) is 0 Å². The number of ether oxygens (including phenoxy) is 1. The molecule has 1 aliphatic heterocycles. The second-order valence-corrected chi connectivity index (χ2v) is 3.10. The number of aliphatic hydroxyl groups excluding tert-OH is 1. The van der Waals surface area contributed by atoms with Gasteiger partial charge < -0.3 is 9.84 Å². The van der Waals surface area contributed by atoms with Gasteiger partial charge in [-0.25, -0.2) is 4.79 Å². The summed E-state index contributed by atoms with van der Waals surface area (Å²) in [5, 5.41) is 8.96. The van der Waals surface area contributed by atoms with Crippen molar-refractivity contribution in [1.29, 1.82) is 0 Å². The molecule has 0 aromatic carbocycles. The van der Waals surface area contributed by atoms with E-state index in [2.05, 4.69) is 13.2 Å². The number of carbonyl (C=O) groups excluding carboxylic acids is 1. The zero-order valence-corrected chi connectivity index (χ0v) is 8.06. The van der Waals surface area contributed by atoms with Crippen LogP contribution in [0.15, 0.2) is 25.3 Å². The van der Waals surface area contributed by atoms with Gasteiger partial charge in [-0.3, -0.25) is 4.90 Å². The van der Waals surface area contributed by atoms with Crippen LogP contribution in [0.5, 0.6) is 0 Å². The van der Waals surface area contributed by atoms with Crippen LogP contribution in [0.2, 0.25) is 0 Å². The standard InChI is InChI=1S/C10H15NO3/c1-3-5-6-11-8(4-2)9(7-12)14-10(11)13/h3-4,8-9,12H,1-2,5-7H2/t8-,9+/m0/s1. The monoisotopic (exact) mass is 197 g/mol. The molecule has 0 bridgehead atoms. The summed E-state index contributed by atoms with van der Waals surface area (Å²) in [5.74, 6) is 0. The molecule has 0 aliphatic carbocycles. The van der Waals surface area contributed by atoms with Gasteiger partial charge in [0.25, 0.3) is 0 Å². The zero-order valence-electron chi connectivity index (χ0n) is 8.06. The predicted molar refractivity (Wildman–Crippen MR) is 52.9 cm³/mol. The van der Waals surface area contributed by atoms with E-state index in [1.54, 1.807) is 17.1 Å². The predicted octanol–water partition coefficient (Wildman–Crippen LogP) is 0.930. The first kappa shape index (κ1) is 10.8. The molecule has 4 heteroatoms. The lowest BCUT2D eigenvalue weighted by Crippen LogP contribution is -2.36. The van der Waals surface area contributed by atoms with Crippen LogP contribution in [0.4, 0.5) is 4.79 Å². The SMILES string of the molecule is C=CCCN1C(=O)O[C@H](CO)[C@@H]1C=C. The van der Waals surface area contributed by atoms with Crippen molar-refractivity contribution in [3.05, 3.63) is 25.3 Å². The van der Waals surface area contributed by atoms with E-state index in [0.717, 1.165) is 0 Å². The number of hydrogen-bond acceptors (Lipinski definition) is 3. The van der Waals surface area contributed by atoms with Crippen LogP contribution in [0.3, 0.4) is 0 Å². The molecular formula is C10H15NO3. The summed E-state index contributed by atoms with van der Waals surface area (Å²) in [5.41, 5.74) is 0. The molecule has 1 heterocycles. The Hall–Kier alpha value is -1.29. The molecule has 1 amide bonds. The van der Waals surface area contributed by atoms with Crippen molar-refractivity contribution in [2.75, 3.05) is 13.2 Å². The number of nitrogens with zero attached hydrogens (tertiary/aromatic N) is 1. The molecule has 0 unspecified atom stereocenters. The van der Waals surface area contributed by atoms with Crippen molar-refractivity contribution in [2.24, 2.45) is 0 Å². The third-order valence-corrected chi connectivity index (χ3v) is 2.22. The fraction of sp³-hybridized carbons (Fsp3) is 0.500. The average molecular weight is 197 g/mol. The highest BCUT2D eigenvalue weighted by Gasteiger charge is 2.38. The van der Waals surface area contributed by atoms with Gasteiger partial charge in [0.2, 0.25) is 0 Å². The quantitative estimate of drug-likeness (QED) is 0.667. The minimum Gasteiger partial charge on any atom is -0.441 e. The molecule has 2 atom stereocenters. The molecule has 1 fully saturated rings. The van der Waals surface area contributed by atoms with Crippen LogP contribution in [-0.2, 0) is 4.74 Å². The normalized spacial score (nSPS) is 26.1. The van der Waals surface area contributed by atoms with Crippen LogP contribution in [0.25, 0.3) is 0 Å². The van der Waals surface area contributed by atoms with E-state index in [1.807, 2.05) is 0 Å². The van der Waals surface area contributed by atoms with Gasteiger partial charge in [-0.05, 0) is 6.42 Å². The fourth-order valence-electron chi connectivity index (χ4n) is 1.48. The lowest BCUT2D eigenvalue weighted by molar-refractivity contribution is 0.0886. The Morgan fingerprint density at radius 1 is 1.57 bits per heavy atom. The summed E-state index contributed by atoms with van der Waals surface area (Å²) in [4.78, 5) is 12.9. The highest BCUT2D eigenvalue weighted by Crippen LogP contribution is 2.20. The smallest absolute Gasteiger partial charge is 0.410 e. The number of aliphatic hydroxyl groups is 1. The molecule has 0 spiro atoms. The van der Waals surface area contributed by atoms with E-state index < -0.39 is 12.2 Å². The topological polar surface area (TPSA) is 49.8 Å². The third-order valence-electron chi connectivity index (χ3n) is 2.22. The molecule has 1 N–H and O–H groups in total. The van der Waals surface area contributed by atoms with Gasteiger partial charge in [0.15, 0.2) is 6.10 Å². The summed E-state index contributed by atoms with van der Waals surface area (Å²) in [6.07, 6.45) is 3.19. The van der Waals surface area contributed by atoms with Crippen LogP contribution in [0.1, 0.15) is 6.42 Å². The van der Waals surface area contributed by atoms with Crippen molar-refractivity contribution in [2.45, 2.75) is 18.6 Å². The van der Waals surface area contributed by atoms with Gasteiger partial charge >= 0.3 is 6.09 Å². The number of amides is 1. The second kappa shape index (κ2) is 4.81. The maximum absolute atomic E-state index is 11.3. The lowest BCUT2D eigenvalue weighted by atomic mass is 10.1. The Bertz CT molecular complexity index is 240.